The van der Waals surface area contributed by atoms with Crippen molar-refractivity contribution < 1.29 is 28.8 Å². The molecule has 0 saturated heterocycles. The highest BCUT2D eigenvalue weighted by molar-refractivity contribution is 6.30. The molecule has 0 aliphatic carbocycles. The van der Waals surface area contributed by atoms with Gasteiger partial charge in [0.2, 0.25) is 0 Å². The van der Waals surface area contributed by atoms with Crippen LogP contribution in [-0.2, 0) is 16.6 Å². The Morgan fingerprint density at radius 3 is 2.42 bits per heavy atom. The maximum atomic E-state index is 13.9. The van der Waals surface area contributed by atoms with E-state index in [-0.39, 0.29) is 11.5 Å². The zero-order valence-corrected chi connectivity index (χ0v) is 23.4. The van der Waals surface area contributed by atoms with Gasteiger partial charge < -0.3 is 19.7 Å². The Bertz CT molecular complexity index is 1570. The van der Waals surface area contributed by atoms with Gasteiger partial charge in [0.25, 0.3) is 0 Å². The van der Waals surface area contributed by atoms with E-state index in [9.17, 15) is 19.5 Å². The number of aliphatic carboxylic acids is 1. The standard InChI is InChI=1S/C29H29ClN4O6/c1-16-25(27(40-33-16)23(13-24(35)36)32-28(38)39-29(2,3)4)21-11-8-18(19-14-31-34(5)15-19)12-22(21)26(37)17-6-9-20(30)10-7-17/h6-12,14-15,23H,13H2,1-5H3,(H,32,38)(H,35,36). The van der Waals surface area contributed by atoms with E-state index < -0.39 is 30.1 Å². The first-order valence-corrected chi connectivity index (χ1v) is 12.8. The Kier molecular flexibility index (Phi) is 8.11. The molecular weight excluding hydrogens is 536 g/mol. The van der Waals surface area contributed by atoms with Crippen LogP contribution in [-0.4, -0.2) is 43.5 Å². The highest BCUT2D eigenvalue weighted by Gasteiger charge is 2.31. The third-order valence-corrected chi connectivity index (χ3v) is 6.21. The second-order valence-electron chi connectivity index (χ2n) is 10.3. The molecule has 0 radical (unpaired) electrons. The number of ether oxygens (including phenoxy) is 1. The molecule has 0 fully saturated rings. The smallest absolute Gasteiger partial charge is 0.408 e. The van der Waals surface area contributed by atoms with Crippen LogP contribution in [0, 0.1) is 6.92 Å². The van der Waals surface area contributed by atoms with Crippen molar-refractivity contribution >= 4 is 29.4 Å². The van der Waals surface area contributed by atoms with Gasteiger partial charge in [-0.15, -0.1) is 0 Å². The number of nitrogens with one attached hydrogen (secondary N) is 1. The van der Waals surface area contributed by atoms with Crippen LogP contribution in [0.2, 0.25) is 5.02 Å². The van der Waals surface area contributed by atoms with E-state index in [2.05, 4.69) is 15.6 Å². The SMILES string of the molecule is Cc1noc(C(CC(=O)O)NC(=O)OC(C)(C)C)c1-c1ccc(-c2cnn(C)c2)cc1C(=O)c1ccc(Cl)cc1. The minimum atomic E-state index is -1.18. The lowest BCUT2D eigenvalue weighted by atomic mass is 9.89. The molecule has 0 aliphatic heterocycles. The third-order valence-electron chi connectivity index (χ3n) is 5.95. The monoisotopic (exact) mass is 564 g/mol. The minimum Gasteiger partial charge on any atom is -0.481 e. The van der Waals surface area contributed by atoms with Crippen LogP contribution < -0.4 is 5.32 Å². The fraction of sp³-hybridized carbons (Fsp3) is 0.276. The van der Waals surface area contributed by atoms with Crippen LogP contribution in [0.25, 0.3) is 22.3 Å². The fourth-order valence-corrected chi connectivity index (χ4v) is 4.37. The van der Waals surface area contributed by atoms with Crippen molar-refractivity contribution in [2.75, 3.05) is 0 Å². The van der Waals surface area contributed by atoms with Crippen LogP contribution in [0.5, 0.6) is 0 Å². The Morgan fingerprint density at radius 2 is 1.82 bits per heavy atom. The number of halogens is 1. The van der Waals surface area contributed by atoms with Crippen LogP contribution >= 0.6 is 11.6 Å². The van der Waals surface area contributed by atoms with Gasteiger partial charge in [0.1, 0.15) is 11.6 Å². The van der Waals surface area contributed by atoms with Gasteiger partial charge in [-0.1, -0.05) is 28.9 Å². The first-order valence-electron chi connectivity index (χ1n) is 12.4. The molecule has 10 nitrogen and oxygen atoms in total. The largest absolute Gasteiger partial charge is 0.481 e. The number of nitrogens with zero attached hydrogens (tertiary/aromatic N) is 3. The fourth-order valence-electron chi connectivity index (χ4n) is 4.24. The summed E-state index contributed by atoms with van der Waals surface area (Å²) in [5.74, 6) is -1.38. The second-order valence-corrected chi connectivity index (χ2v) is 10.7. The molecule has 1 amide bonds. The molecule has 11 heteroatoms. The summed E-state index contributed by atoms with van der Waals surface area (Å²) in [6.45, 7) is 6.77. The Balaban J connectivity index is 1.86. The Labute approximate surface area is 235 Å². The summed E-state index contributed by atoms with van der Waals surface area (Å²) in [5.41, 5.74) is 2.74. The summed E-state index contributed by atoms with van der Waals surface area (Å²) >= 11 is 6.05. The first kappa shape index (κ1) is 28.6. The predicted molar refractivity (Wildman–Crippen MR) is 148 cm³/mol. The molecule has 2 aromatic carbocycles. The quantitative estimate of drug-likeness (QED) is 0.249. The number of aromatic nitrogens is 3. The molecule has 1 atom stereocenters. The molecule has 0 spiro atoms. The number of ketones is 1. The summed E-state index contributed by atoms with van der Waals surface area (Å²) in [6, 6.07) is 10.7. The molecule has 208 valence electrons. The number of alkyl carbamates (subject to hydrolysis) is 1. The number of aryl methyl sites for hydroxylation is 2. The van der Waals surface area contributed by atoms with Crippen molar-refractivity contribution in [3.8, 4) is 22.3 Å². The minimum absolute atomic E-state index is 0.0880. The highest BCUT2D eigenvalue weighted by Crippen LogP contribution is 2.38. The highest BCUT2D eigenvalue weighted by atomic mass is 35.5. The van der Waals surface area contributed by atoms with E-state index in [4.69, 9.17) is 20.9 Å². The summed E-state index contributed by atoms with van der Waals surface area (Å²) in [4.78, 5) is 38.2. The summed E-state index contributed by atoms with van der Waals surface area (Å²) in [5, 5.41) is 21.0. The van der Waals surface area contributed by atoms with Crippen molar-refractivity contribution in [3.63, 3.8) is 0 Å². The second kappa shape index (κ2) is 11.4. The predicted octanol–water partition coefficient (Wildman–Crippen LogP) is 5.98. The Morgan fingerprint density at radius 1 is 1.12 bits per heavy atom. The number of benzene rings is 2. The number of rotatable bonds is 8. The van der Waals surface area contributed by atoms with Crippen molar-refractivity contribution in [2.24, 2.45) is 7.05 Å². The van der Waals surface area contributed by atoms with Crippen LogP contribution in [0.1, 0.15) is 60.6 Å². The molecule has 0 bridgehead atoms. The number of hydrogen-bond acceptors (Lipinski definition) is 7. The number of hydrogen-bond donors (Lipinski definition) is 2. The number of carbonyl (C=O) groups is 3. The third kappa shape index (κ3) is 6.58. The van der Waals surface area contributed by atoms with Crippen LogP contribution in [0.4, 0.5) is 4.79 Å². The number of carboxylic acids is 1. The van der Waals surface area contributed by atoms with E-state index in [1.807, 2.05) is 12.3 Å². The molecule has 2 N–H and O–H groups in total. The first-order chi connectivity index (χ1) is 18.8. The van der Waals surface area contributed by atoms with E-state index in [1.54, 1.807) is 82.0 Å². The molecule has 0 aliphatic rings. The van der Waals surface area contributed by atoms with E-state index >= 15 is 0 Å². The average molecular weight is 565 g/mol. The van der Waals surface area contributed by atoms with E-state index in [1.165, 1.54) is 0 Å². The van der Waals surface area contributed by atoms with Gasteiger partial charge in [0, 0.05) is 35.0 Å². The number of carboxylic acid groups (broad SMARTS) is 1. The number of amides is 1. The van der Waals surface area contributed by atoms with Gasteiger partial charge in [-0.25, -0.2) is 4.79 Å². The lowest BCUT2D eigenvalue weighted by molar-refractivity contribution is -0.137. The summed E-state index contributed by atoms with van der Waals surface area (Å²) < 4.78 is 12.6. The van der Waals surface area contributed by atoms with Crippen molar-refractivity contribution in [3.05, 3.63) is 82.5 Å². The van der Waals surface area contributed by atoms with Gasteiger partial charge in [-0.2, -0.15) is 5.10 Å². The molecular formula is C29H29ClN4O6. The maximum absolute atomic E-state index is 13.9. The van der Waals surface area contributed by atoms with Crippen LogP contribution in [0.15, 0.2) is 59.4 Å². The lowest BCUT2D eigenvalue weighted by Gasteiger charge is -2.22. The van der Waals surface area contributed by atoms with Gasteiger partial charge in [-0.05, 0) is 69.2 Å². The molecule has 4 rings (SSSR count). The van der Waals surface area contributed by atoms with E-state index in [0.717, 1.165) is 11.1 Å². The van der Waals surface area contributed by atoms with Crippen molar-refractivity contribution in [2.45, 2.75) is 45.8 Å². The molecule has 40 heavy (non-hydrogen) atoms. The summed E-state index contributed by atoms with van der Waals surface area (Å²) in [6.07, 6.45) is 2.20. The molecule has 0 saturated carbocycles. The maximum Gasteiger partial charge on any atom is 0.408 e. The normalized spacial score (nSPS) is 12.2. The van der Waals surface area contributed by atoms with Gasteiger partial charge in [0.05, 0.1) is 23.9 Å². The molecule has 1 unspecified atom stereocenters. The summed E-state index contributed by atoms with van der Waals surface area (Å²) in [7, 11) is 1.80. The molecule has 2 heterocycles. The average Bonchev–Trinajstić information content (AvgIpc) is 3.47. The number of carbonyl (C=O) groups excluding carboxylic acids is 2. The van der Waals surface area contributed by atoms with Crippen molar-refractivity contribution in [1.82, 2.24) is 20.3 Å². The zero-order chi connectivity index (χ0) is 29.2. The lowest BCUT2D eigenvalue weighted by Crippen LogP contribution is -2.35. The van der Waals surface area contributed by atoms with Gasteiger partial charge in [-0.3, -0.25) is 14.3 Å². The van der Waals surface area contributed by atoms with Gasteiger partial charge in [0.15, 0.2) is 11.5 Å². The zero-order valence-electron chi connectivity index (χ0n) is 22.7. The topological polar surface area (TPSA) is 137 Å². The van der Waals surface area contributed by atoms with E-state index in [0.29, 0.717) is 33.0 Å². The molecule has 2 aromatic heterocycles. The Hall–Kier alpha value is -4.44. The molecule has 4 aromatic rings. The van der Waals surface area contributed by atoms with Crippen LogP contribution in [0.3, 0.4) is 0 Å². The van der Waals surface area contributed by atoms with Crippen molar-refractivity contribution in [1.29, 1.82) is 0 Å². The van der Waals surface area contributed by atoms with Gasteiger partial charge >= 0.3 is 12.1 Å².